The van der Waals surface area contributed by atoms with Gasteiger partial charge in [-0.15, -0.1) is 0 Å². The molecule has 0 heterocycles. The zero-order chi connectivity index (χ0) is 13.4. The SMILES string of the molecule is CC(C)CC(CN)C(=O)NCCC1=CCCCC1. The van der Waals surface area contributed by atoms with E-state index in [9.17, 15) is 4.79 Å². The molecule has 1 aliphatic rings. The van der Waals surface area contributed by atoms with Gasteiger partial charge >= 0.3 is 0 Å². The first-order valence-corrected chi connectivity index (χ1v) is 7.29. The van der Waals surface area contributed by atoms with Gasteiger partial charge in [0.25, 0.3) is 0 Å². The smallest absolute Gasteiger partial charge is 0.224 e. The van der Waals surface area contributed by atoms with Gasteiger partial charge in [-0.25, -0.2) is 0 Å². The summed E-state index contributed by atoms with van der Waals surface area (Å²) in [7, 11) is 0. The average Bonchev–Trinajstić information content (AvgIpc) is 2.36. The fraction of sp³-hybridized carbons (Fsp3) is 0.800. The first kappa shape index (κ1) is 15.2. The van der Waals surface area contributed by atoms with E-state index in [1.165, 1.54) is 31.3 Å². The minimum absolute atomic E-state index is 0.0228. The van der Waals surface area contributed by atoms with Gasteiger partial charge in [0.15, 0.2) is 0 Å². The van der Waals surface area contributed by atoms with Gasteiger partial charge in [0.05, 0.1) is 5.92 Å². The average molecular weight is 252 g/mol. The Morgan fingerprint density at radius 3 is 2.78 bits per heavy atom. The van der Waals surface area contributed by atoms with Crippen molar-refractivity contribution in [1.82, 2.24) is 5.32 Å². The Morgan fingerprint density at radius 1 is 1.44 bits per heavy atom. The van der Waals surface area contributed by atoms with Crippen LogP contribution >= 0.6 is 0 Å². The second kappa shape index (κ2) is 8.30. The number of allylic oxidation sites excluding steroid dienone is 1. The molecule has 0 aromatic rings. The molecule has 1 unspecified atom stereocenters. The quantitative estimate of drug-likeness (QED) is 0.684. The van der Waals surface area contributed by atoms with Gasteiger partial charge in [0.2, 0.25) is 5.91 Å². The van der Waals surface area contributed by atoms with Gasteiger partial charge in [0, 0.05) is 13.1 Å². The molecule has 0 saturated heterocycles. The summed E-state index contributed by atoms with van der Waals surface area (Å²) >= 11 is 0. The first-order chi connectivity index (χ1) is 8.63. The summed E-state index contributed by atoms with van der Waals surface area (Å²) in [6, 6.07) is 0. The molecule has 1 rings (SSSR count). The highest BCUT2D eigenvalue weighted by Gasteiger charge is 2.17. The normalized spacial score (nSPS) is 17.4. The van der Waals surface area contributed by atoms with Crippen LogP contribution in [0.25, 0.3) is 0 Å². The van der Waals surface area contributed by atoms with Crippen LogP contribution in [-0.4, -0.2) is 19.0 Å². The summed E-state index contributed by atoms with van der Waals surface area (Å²) in [6.45, 7) is 5.47. The lowest BCUT2D eigenvalue weighted by Gasteiger charge is -2.18. The fourth-order valence-corrected chi connectivity index (χ4v) is 2.50. The third-order valence-corrected chi connectivity index (χ3v) is 3.54. The summed E-state index contributed by atoms with van der Waals surface area (Å²) in [4.78, 5) is 11.9. The number of hydrogen-bond acceptors (Lipinski definition) is 2. The van der Waals surface area contributed by atoms with Gasteiger partial charge in [-0.1, -0.05) is 25.5 Å². The number of nitrogens with one attached hydrogen (secondary N) is 1. The molecule has 1 aliphatic carbocycles. The maximum absolute atomic E-state index is 11.9. The van der Waals surface area contributed by atoms with Crippen molar-refractivity contribution in [1.29, 1.82) is 0 Å². The van der Waals surface area contributed by atoms with Gasteiger partial charge in [-0.2, -0.15) is 0 Å². The lowest BCUT2D eigenvalue weighted by Crippen LogP contribution is -2.36. The molecule has 0 bridgehead atoms. The molecule has 1 amide bonds. The predicted molar refractivity (Wildman–Crippen MR) is 76.2 cm³/mol. The maximum Gasteiger partial charge on any atom is 0.224 e. The van der Waals surface area contributed by atoms with E-state index in [-0.39, 0.29) is 11.8 Å². The molecule has 0 aromatic heterocycles. The highest BCUT2D eigenvalue weighted by molar-refractivity contribution is 5.78. The number of carbonyl (C=O) groups excluding carboxylic acids is 1. The summed E-state index contributed by atoms with van der Waals surface area (Å²) in [5, 5.41) is 3.03. The van der Waals surface area contributed by atoms with E-state index in [4.69, 9.17) is 5.73 Å². The van der Waals surface area contributed by atoms with Crippen LogP contribution in [0.5, 0.6) is 0 Å². The molecular weight excluding hydrogens is 224 g/mol. The van der Waals surface area contributed by atoms with E-state index >= 15 is 0 Å². The fourth-order valence-electron chi connectivity index (χ4n) is 2.50. The summed E-state index contributed by atoms with van der Waals surface area (Å²) < 4.78 is 0. The number of nitrogens with two attached hydrogens (primary N) is 1. The Balaban J connectivity index is 2.24. The molecule has 0 aromatic carbocycles. The molecule has 3 nitrogen and oxygen atoms in total. The molecule has 0 spiro atoms. The minimum Gasteiger partial charge on any atom is -0.356 e. The van der Waals surface area contributed by atoms with Crippen LogP contribution < -0.4 is 11.1 Å². The van der Waals surface area contributed by atoms with Crippen LogP contribution in [0.3, 0.4) is 0 Å². The Labute approximate surface area is 111 Å². The van der Waals surface area contributed by atoms with Crippen molar-refractivity contribution in [3.63, 3.8) is 0 Å². The molecule has 104 valence electrons. The van der Waals surface area contributed by atoms with E-state index in [1.54, 1.807) is 0 Å². The summed E-state index contributed by atoms with van der Waals surface area (Å²) in [5.41, 5.74) is 7.17. The molecule has 3 heteroatoms. The van der Waals surface area contributed by atoms with Crippen molar-refractivity contribution >= 4 is 5.91 Å². The molecular formula is C15H28N2O. The zero-order valence-corrected chi connectivity index (χ0v) is 11.9. The number of carbonyl (C=O) groups is 1. The van der Waals surface area contributed by atoms with E-state index in [1.807, 2.05) is 0 Å². The number of amides is 1. The van der Waals surface area contributed by atoms with Crippen molar-refractivity contribution in [2.45, 2.75) is 52.4 Å². The number of hydrogen-bond donors (Lipinski definition) is 2. The Kier molecular flexibility index (Phi) is 7.02. The standard InChI is InChI=1S/C15H28N2O/c1-12(2)10-14(11-16)15(18)17-9-8-13-6-4-3-5-7-13/h6,12,14H,3-5,7-11,16H2,1-2H3,(H,17,18). The highest BCUT2D eigenvalue weighted by atomic mass is 16.1. The van der Waals surface area contributed by atoms with Gasteiger partial charge in [-0.05, 0) is 44.4 Å². The molecule has 0 radical (unpaired) electrons. The molecule has 0 aliphatic heterocycles. The Bertz CT molecular complexity index is 284. The van der Waals surface area contributed by atoms with Gasteiger partial charge in [-0.3, -0.25) is 4.79 Å². The van der Waals surface area contributed by atoms with Crippen LogP contribution in [0, 0.1) is 11.8 Å². The predicted octanol–water partition coefficient (Wildman–Crippen LogP) is 2.61. The van der Waals surface area contributed by atoms with Crippen molar-refractivity contribution in [3.8, 4) is 0 Å². The second-order valence-electron chi connectivity index (χ2n) is 5.71. The molecule has 3 N–H and O–H groups in total. The van der Waals surface area contributed by atoms with Crippen molar-refractivity contribution in [2.24, 2.45) is 17.6 Å². The zero-order valence-electron chi connectivity index (χ0n) is 11.9. The van der Waals surface area contributed by atoms with Gasteiger partial charge in [0.1, 0.15) is 0 Å². The molecule has 0 fully saturated rings. The summed E-state index contributed by atoms with van der Waals surface area (Å²) in [6.07, 6.45) is 9.27. The van der Waals surface area contributed by atoms with E-state index < -0.39 is 0 Å². The third-order valence-electron chi connectivity index (χ3n) is 3.54. The summed E-state index contributed by atoms with van der Waals surface area (Å²) in [5.74, 6) is 0.623. The third kappa shape index (κ3) is 5.67. The molecule has 18 heavy (non-hydrogen) atoms. The van der Waals surface area contributed by atoms with E-state index in [2.05, 4.69) is 25.2 Å². The Morgan fingerprint density at radius 2 is 2.22 bits per heavy atom. The lowest BCUT2D eigenvalue weighted by molar-refractivity contribution is -0.125. The second-order valence-corrected chi connectivity index (χ2v) is 5.71. The van der Waals surface area contributed by atoms with Gasteiger partial charge < -0.3 is 11.1 Å². The number of rotatable bonds is 7. The topological polar surface area (TPSA) is 55.1 Å². The Hall–Kier alpha value is -0.830. The minimum atomic E-state index is -0.0228. The first-order valence-electron chi connectivity index (χ1n) is 7.29. The van der Waals surface area contributed by atoms with Crippen molar-refractivity contribution < 1.29 is 4.79 Å². The molecule has 0 saturated carbocycles. The highest BCUT2D eigenvalue weighted by Crippen LogP contribution is 2.19. The van der Waals surface area contributed by atoms with Crippen LogP contribution in [0.4, 0.5) is 0 Å². The largest absolute Gasteiger partial charge is 0.356 e. The van der Waals surface area contributed by atoms with Crippen molar-refractivity contribution in [3.05, 3.63) is 11.6 Å². The van der Waals surface area contributed by atoms with Crippen molar-refractivity contribution in [2.75, 3.05) is 13.1 Å². The molecule has 1 atom stereocenters. The van der Waals surface area contributed by atoms with E-state index in [0.29, 0.717) is 12.5 Å². The van der Waals surface area contributed by atoms with Crippen LogP contribution in [0.2, 0.25) is 0 Å². The monoisotopic (exact) mass is 252 g/mol. The van der Waals surface area contributed by atoms with Crippen LogP contribution in [0.1, 0.15) is 52.4 Å². The van der Waals surface area contributed by atoms with E-state index in [0.717, 1.165) is 19.4 Å². The maximum atomic E-state index is 11.9. The lowest BCUT2D eigenvalue weighted by atomic mass is 9.95. The van der Waals surface area contributed by atoms with Crippen LogP contribution in [-0.2, 0) is 4.79 Å². The van der Waals surface area contributed by atoms with Crippen LogP contribution in [0.15, 0.2) is 11.6 Å².